The highest BCUT2D eigenvalue weighted by Gasteiger charge is 2.11. The van der Waals surface area contributed by atoms with Crippen molar-refractivity contribution in [3.8, 4) is 11.1 Å². The molecule has 3 rings (SSSR count). The van der Waals surface area contributed by atoms with Crippen LogP contribution in [0.25, 0.3) is 16.8 Å². The molecule has 1 N–H and O–H groups in total. The summed E-state index contributed by atoms with van der Waals surface area (Å²) in [5.74, 6) is 0. The first-order valence-electron chi connectivity index (χ1n) is 5.46. The number of aromatic nitrogens is 4. The Bertz CT molecular complexity index is 811. The van der Waals surface area contributed by atoms with Crippen molar-refractivity contribution in [2.24, 2.45) is 0 Å². The maximum atomic E-state index is 11.6. The highest BCUT2D eigenvalue weighted by atomic mass is 35.5. The molecule has 19 heavy (non-hydrogen) atoms. The molecule has 0 fully saturated rings. The highest BCUT2D eigenvalue weighted by molar-refractivity contribution is 7.98. The average Bonchev–Trinajstić information content (AvgIpc) is 2.84. The standard InChI is InChI=1S/C12H9ClN4OS/c1-19-10-3-2-7(4-9(10)13)8-5-16-17-11(8)14-6-15-12(17)18/h2-6H,1H3,(H,14,15,18). The van der Waals surface area contributed by atoms with Crippen LogP contribution in [0.3, 0.4) is 0 Å². The van der Waals surface area contributed by atoms with E-state index < -0.39 is 0 Å². The van der Waals surface area contributed by atoms with Gasteiger partial charge in [-0.25, -0.2) is 9.78 Å². The van der Waals surface area contributed by atoms with Crippen molar-refractivity contribution < 1.29 is 0 Å². The second kappa shape index (κ2) is 4.71. The van der Waals surface area contributed by atoms with Crippen LogP contribution >= 0.6 is 23.4 Å². The molecular weight excluding hydrogens is 284 g/mol. The van der Waals surface area contributed by atoms with Crippen LogP contribution in [0, 0.1) is 0 Å². The predicted octanol–water partition coefficient (Wildman–Crippen LogP) is 2.46. The van der Waals surface area contributed by atoms with Crippen LogP contribution in [-0.2, 0) is 0 Å². The van der Waals surface area contributed by atoms with Gasteiger partial charge >= 0.3 is 5.69 Å². The van der Waals surface area contributed by atoms with Crippen molar-refractivity contribution >= 4 is 29.0 Å². The van der Waals surface area contributed by atoms with Gasteiger partial charge < -0.3 is 0 Å². The van der Waals surface area contributed by atoms with Crippen molar-refractivity contribution in [3.63, 3.8) is 0 Å². The monoisotopic (exact) mass is 292 g/mol. The highest BCUT2D eigenvalue weighted by Crippen LogP contribution is 2.31. The molecule has 0 aliphatic heterocycles. The van der Waals surface area contributed by atoms with E-state index in [1.807, 2.05) is 24.5 Å². The van der Waals surface area contributed by atoms with Gasteiger partial charge in [0.25, 0.3) is 0 Å². The van der Waals surface area contributed by atoms with Crippen LogP contribution in [0.4, 0.5) is 0 Å². The lowest BCUT2D eigenvalue weighted by atomic mass is 10.1. The molecule has 2 heterocycles. The van der Waals surface area contributed by atoms with Gasteiger partial charge in [0.2, 0.25) is 0 Å². The molecule has 0 amide bonds. The zero-order chi connectivity index (χ0) is 13.4. The van der Waals surface area contributed by atoms with Crippen LogP contribution in [0.15, 0.2) is 40.4 Å². The van der Waals surface area contributed by atoms with E-state index in [1.165, 1.54) is 10.8 Å². The zero-order valence-corrected chi connectivity index (χ0v) is 11.5. The summed E-state index contributed by atoms with van der Waals surface area (Å²) in [4.78, 5) is 19.2. The fraction of sp³-hybridized carbons (Fsp3) is 0.0833. The molecule has 0 spiro atoms. The normalized spacial score (nSPS) is 11.1. The van der Waals surface area contributed by atoms with E-state index in [1.54, 1.807) is 18.0 Å². The van der Waals surface area contributed by atoms with Crippen molar-refractivity contribution in [1.82, 2.24) is 19.6 Å². The lowest BCUT2D eigenvalue weighted by molar-refractivity contribution is 0.840. The van der Waals surface area contributed by atoms with Gasteiger partial charge in [-0.05, 0) is 24.0 Å². The summed E-state index contributed by atoms with van der Waals surface area (Å²) in [6, 6.07) is 5.74. The van der Waals surface area contributed by atoms with Gasteiger partial charge in [0.1, 0.15) is 0 Å². The van der Waals surface area contributed by atoms with Crippen molar-refractivity contribution in [2.75, 3.05) is 6.26 Å². The van der Waals surface area contributed by atoms with Gasteiger partial charge in [-0.3, -0.25) is 4.98 Å². The van der Waals surface area contributed by atoms with Gasteiger partial charge in [0.05, 0.1) is 17.5 Å². The van der Waals surface area contributed by atoms with Crippen LogP contribution < -0.4 is 5.69 Å². The number of thioether (sulfide) groups is 1. The molecule has 0 unspecified atom stereocenters. The number of nitrogens with one attached hydrogen (secondary N) is 1. The number of nitrogens with zero attached hydrogens (tertiary/aromatic N) is 3. The van der Waals surface area contributed by atoms with Crippen LogP contribution in [-0.4, -0.2) is 25.8 Å². The maximum Gasteiger partial charge on any atom is 0.349 e. The number of fused-ring (bicyclic) bond motifs is 1. The number of aromatic amines is 1. The molecule has 0 aliphatic rings. The van der Waals surface area contributed by atoms with Gasteiger partial charge in [-0.15, -0.1) is 11.8 Å². The molecule has 0 radical (unpaired) electrons. The lowest BCUT2D eigenvalue weighted by Gasteiger charge is -2.03. The molecular formula is C12H9ClN4OS. The van der Waals surface area contributed by atoms with Gasteiger partial charge in [0.15, 0.2) is 5.65 Å². The largest absolute Gasteiger partial charge is 0.349 e. The molecule has 0 bridgehead atoms. The molecule has 7 heteroatoms. The van der Waals surface area contributed by atoms with Gasteiger partial charge in [-0.1, -0.05) is 17.7 Å². The Labute approximate surface area is 117 Å². The Morgan fingerprint density at radius 1 is 1.42 bits per heavy atom. The summed E-state index contributed by atoms with van der Waals surface area (Å²) < 4.78 is 1.23. The number of rotatable bonds is 2. The maximum absolute atomic E-state index is 11.6. The summed E-state index contributed by atoms with van der Waals surface area (Å²) in [6.45, 7) is 0. The number of hydrogen-bond acceptors (Lipinski definition) is 4. The summed E-state index contributed by atoms with van der Waals surface area (Å²) in [7, 11) is 0. The first kappa shape index (κ1) is 12.3. The molecule has 0 saturated carbocycles. The quantitative estimate of drug-likeness (QED) is 0.737. The fourth-order valence-corrected chi connectivity index (χ4v) is 2.73. The van der Waals surface area contributed by atoms with E-state index in [0.717, 1.165) is 16.0 Å². The molecule has 0 atom stereocenters. The summed E-state index contributed by atoms with van der Waals surface area (Å²) in [5.41, 5.74) is 1.86. The fourth-order valence-electron chi connectivity index (χ4n) is 1.86. The van der Waals surface area contributed by atoms with Crippen molar-refractivity contribution in [2.45, 2.75) is 4.90 Å². The number of hydrogen-bond donors (Lipinski definition) is 1. The second-order valence-electron chi connectivity index (χ2n) is 3.85. The number of H-pyrrole nitrogens is 1. The first-order chi connectivity index (χ1) is 9.20. The topological polar surface area (TPSA) is 63.1 Å². The summed E-state index contributed by atoms with van der Waals surface area (Å²) >= 11 is 7.78. The van der Waals surface area contributed by atoms with Crippen LogP contribution in [0.5, 0.6) is 0 Å². The van der Waals surface area contributed by atoms with Gasteiger partial charge in [0, 0.05) is 10.5 Å². The van der Waals surface area contributed by atoms with E-state index in [2.05, 4.69) is 15.1 Å². The Balaban J connectivity index is 2.22. The number of halogens is 1. The molecule has 0 aliphatic carbocycles. The van der Waals surface area contributed by atoms with Crippen LogP contribution in [0.1, 0.15) is 0 Å². The average molecular weight is 293 g/mol. The second-order valence-corrected chi connectivity index (χ2v) is 5.11. The third-order valence-corrected chi connectivity index (χ3v) is 3.99. The minimum atomic E-state index is -0.317. The van der Waals surface area contributed by atoms with Crippen LogP contribution in [0.2, 0.25) is 5.02 Å². The summed E-state index contributed by atoms with van der Waals surface area (Å²) in [6.07, 6.45) is 4.94. The predicted molar refractivity (Wildman–Crippen MR) is 75.8 cm³/mol. The Hall–Kier alpha value is -1.79. The molecule has 5 nitrogen and oxygen atoms in total. The Kier molecular flexibility index (Phi) is 3.04. The third kappa shape index (κ3) is 2.02. The smallest absolute Gasteiger partial charge is 0.296 e. The molecule has 1 aromatic carbocycles. The third-order valence-electron chi connectivity index (χ3n) is 2.77. The van der Waals surface area contributed by atoms with E-state index in [9.17, 15) is 4.79 Å². The molecule has 96 valence electrons. The molecule has 2 aromatic heterocycles. The minimum absolute atomic E-state index is 0.317. The van der Waals surface area contributed by atoms with E-state index >= 15 is 0 Å². The summed E-state index contributed by atoms with van der Waals surface area (Å²) in [5, 5.41) is 4.70. The molecule has 0 saturated heterocycles. The SMILES string of the molecule is CSc1ccc(-c2cnn3c(=O)[nH]cnc23)cc1Cl. The van der Waals surface area contributed by atoms with Gasteiger partial charge in [-0.2, -0.15) is 9.61 Å². The Morgan fingerprint density at radius 2 is 2.26 bits per heavy atom. The Morgan fingerprint density at radius 3 is 3.00 bits per heavy atom. The first-order valence-corrected chi connectivity index (χ1v) is 7.06. The minimum Gasteiger partial charge on any atom is -0.296 e. The van der Waals surface area contributed by atoms with E-state index in [0.29, 0.717) is 10.7 Å². The van der Waals surface area contributed by atoms with E-state index in [4.69, 9.17) is 11.6 Å². The molecule has 3 aromatic rings. The number of benzene rings is 1. The zero-order valence-electron chi connectivity index (χ0n) is 9.92. The van der Waals surface area contributed by atoms with Crippen molar-refractivity contribution in [1.29, 1.82) is 0 Å². The van der Waals surface area contributed by atoms with E-state index in [-0.39, 0.29) is 5.69 Å². The lowest BCUT2D eigenvalue weighted by Crippen LogP contribution is -2.17. The van der Waals surface area contributed by atoms with Crippen molar-refractivity contribution in [3.05, 3.63) is 46.2 Å².